The molecule has 194 valence electrons. The molecule has 4 saturated heterocycles. The molecule has 10 heteroatoms. The number of amides is 1. The molecule has 1 aromatic heterocycles. The maximum Gasteiger partial charge on any atom is 0.253 e. The van der Waals surface area contributed by atoms with E-state index in [1.54, 1.807) is 6.92 Å². The molecule has 4 aliphatic rings. The Kier molecular flexibility index (Phi) is 10.00. The van der Waals surface area contributed by atoms with Gasteiger partial charge in [-0.2, -0.15) is 4.39 Å². The summed E-state index contributed by atoms with van der Waals surface area (Å²) in [6.07, 6.45) is 4.82. The molecule has 1 aromatic carbocycles. The van der Waals surface area contributed by atoms with Gasteiger partial charge in [0.05, 0.1) is 18.3 Å². The zero-order chi connectivity index (χ0) is 25.4. The number of hydrogen-bond acceptors (Lipinski definition) is 7. The number of carbonyl (C=O) groups is 1. The van der Waals surface area contributed by atoms with Crippen molar-refractivity contribution in [3.8, 4) is 5.75 Å². The van der Waals surface area contributed by atoms with Gasteiger partial charge in [-0.05, 0) is 38.8 Å². The van der Waals surface area contributed by atoms with Crippen molar-refractivity contribution in [2.75, 3.05) is 31.6 Å². The summed E-state index contributed by atoms with van der Waals surface area (Å²) in [5, 5.41) is 6.41. The van der Waals surface area contributed by atoms with Crippen molar-refractivity contribution in [2.45, 2.75) is 71.4 Å². The molecule has 1 N–H and O–H groups in total. The van der Waals surface area contributed by atoms with Crippen molar-refractivity contribution in [1.82, 2.24) is 10.1 Å². The van der Waals surface area contributed by atoms with Crippen LogP contribution >= 0.6 is 0 Å². The Morgan fingerprint density at radius 2 is 1.91 bits per heavy atom. The van der Waals surface area contributed by atoms with Crippen molar-refractivity contribution < 1.29 is 32.3 Å². The standard InChI is InChI=1S/C13H15F2NO2.C10H14N2O3.C2H6/c14-11-2-1-3-12(13(11)15)17-5-4-16-7-9-6-10(8-16)18-9;1-6-3-4-9(15-6)10(13)11-8-5-14-12-7(8)2;1-2/h1-3,9-10H,4-8H2;5-6,9H,3-4H2,1-2H3,(H,11,13);1-2H3. The number of halogens is 2. The molecular formula is C25H35F2N3O5. The van der Waals surface area contributed by atoms with Crippen LogP contribution in [-0.4, -0.2) is 66.6 Å². The van der Waals surface area contributed by atoms with Crippen molar-refractivity contribution in [3.63, 3.8) is 0 Å². The first-order chi connectivity index (χ1) is 16.9. The predicted molar refractivity (Wildman–Crippen MR) is 126 cm³/mol. The number of morpholine rings is 1. The lowest BCUT2D eigenvalue weighted by Gasteiger charge is -2.47. The highest BCUT2D eigenvalue weighted by Gasteiger charge is 2.37. The quantitative estimate of drug-likeness (QED) is 0.638. The van der Waals surface area contributed by atoms with Crippen LogP contribution in [-0.2, 0) is 14.3 Å². The van der Waals surface area contributed by atoms with Crippen LogP contribution in [0.1, 0.15) is 45.7 Å². The lowest BCUT2D eigenvalue weighted by molar-refractivity contribution is -0.181. The van der Waals surface area contributed by atoms with Crippen LogP contribution in [0.3, 0.4) is 0 Å². The summed E-state index contributed by atoms with van der Waals surface area (Å²) >= 11 is 0. The highest BCUT2D eigenvalue weighted by molar-refractivity contribution is 5.94. The second-order valence-electron chi connectivity index (χ2n) is 8.59. The zero-order valence-electron chi connectivity index (χ0n) is 20.8. The number of anilines is 1. The van der Waals surface area contributed by atoms with E-state index >= 15 is 0 Å². The molecule has 6 rings (SSSR count). The molecule has 1 amide bonds. The average molecular weight is 496 g/mol. The molecule has 0 radical (unpaired) electrons. The molecule has 2 bridgehead atoms. The van der Waals surface area contributed by atoms with Gasteiger partial charge in [0.1, 0.15) is 30.4 Å². The maximum absolute atomic E-state index is 13.3. The van der Waals surface area contributed by atoms with Crippen LogP contribution in [0.2, 0.25) is 0 Å². The average Bonchev–Trinajstić information content (AvgIpc) is 3.46. The molecule has 2 aromatic rings. The second kappa shape index (κ2) is 12.9. The fraction of sp³-hybridized carbons (Fsp3) is 0.600. The van der Waals surface area contributed by atoms with Crippen molar-refractivity contribution >= 4 is 11.6 Å². The van der Waals surface area contributed by atoms with Crippen LogP contribution in [0.4, 0.5) is 14.5 Å². The molecule has 4 atom stereocenters. The van der Waals surface area contributed by atoms with Crippen LogP contribution in [0, 0.1) is 18.6 Å². The highest BCUT2D eigenvalue weighted by atomic mass is 19.2. The number of rotatable bonds is 6. The van der Waals surface area contributed by atoms with Gasteiger partial charge in [-0.15, -0.1) is 0 Å². The van der Waals surface area contributed by atoms with E-state index in [0.717, 1.165) is 38.4 Å². The van der Waals surface area contributed by atoms with E-state index in [1.807, 2.05) is 20.8 Å². The number of benzene rings is 1. The minimum Gasteiger partial charge on any atom is -0.489 e. The Hall–Kier alpha value is -2.56. The summed E-state index contributed by atoms with van der Waals surface area (Å²) in [6.45, 7) is 10.6. The van der Waals surface area contributed by atoms with Gasteiger partial charge >= 0.3 is 0 Å². The number of aryl methyl sites for hydroxylation is 1. The van der Waals surface area contributed by atoms with E-state index in [-0.39, 0.29) is 23.9 Å². The van der Waals surface area contributed by atoms with Crippen molar-refractivity contribution in [2.24, 2.45) is 0 Å². The summed E-state index contributed by atoms with van der Waals surface area (Å²) in [5.74, 6) is -1.93. The van der Waals surface area contributed by atoms with Crippen LogP contribution < -0.4 is 10.1 Å². The van der Waals surface area contributed by atoms with Crippen LogP contribution in [0.25, 0.3) is 0 Å². The SMILES string of the molecule is CC.Cc1nocc1NC(=O)C1CCC(C)O1.Fc1cccc(OCCN2CC3CC(C2)O3)c1F. The van der Waals surface area contributed by atoms with Gasteiger partial charge in [0.2, 0.25) is 5.82 Å². The van der Waals surface area contributed by atoms with Crippen LogP contribution in [0.5, 0.6) is 5.75 Å². The topological polar surface area (TPSA) is 86.1 Å². The number of fused-ring (bicyclic) bond motifs is 2. The third-order valence-corrected chi connectivity index (χ3v) is 5.95. The molecule has 0 aliphatic carbocycles. The molecule has 4 fully saturated rings. The van der Waals surface area contributed by atoms with Crippen molar-refractivity contribution in [1.29, 1.82) is 0 Å². The van der Waals surface area contributed by atoms with Crippen molar-refractivity contribution in [3.05, 3.63) is 41.8 Å². The Bertz CT molecular complexity index is 941. The van der Waals surface area contributed by atoms with E-state index < -0.39 is 11.6 Å². The third kappa shape index (κ3) is 7.46. The minimum absolute atomic E-state index is 0.0200. The van der Waals surface area contributed by atoms with Gasteiger partial charge in [-0.25, -0.2) is 4.39 Å². The Morgan fingerprint density at radius 3 is 2.51 bits per heavy atom. The number of hydrogen-bond donors (Lipinski definition) is 1. The molecule has 4 unspecified atom stereocenters. The van der Waals surface area contributed by atoms with E-state index in [1.165, 1.54) is 18.4 Å². The molecular weight excluding hydrogens is 460 g/mol. The smallest absolute Gasteiger partial charge is 0.253 e. The number of nitrogens with zero attached hydrogens (tertiary/aromatic N) is 2. The lowest BCUT2D eigenvalue weighted by atomic mass is 9.99. The Labute approximate surface area is 204 Å². The van der Waals surface area contributed by atoms with Crippen LogP contribution in [0.15, 0.2) is 29.0 Å². The summed E-state index contributed by atoms with van der Waals surface area (Å²) in [5.41, 5.74) is 1.29. The fourth-order valence-electron chi connectivity index (χ4n) is 4.12. The first-order valence-corrected chi connectivity index (χ1v) is 12.2. The van der Waals surface area contributed by atoms with E-state index in [9.17, 15) is 13.6 Å². The largest absolute Gasteiger partial charge is 0.489 e. The highest BCUT2D eigenvalue weighted by Crippen LogP contribution is 2.27. The molecule has 0 saturated carbocycles. The first-order valence-electron chi connectivity index (χ1n) is 12.2. The predicted octanol–water partition coefficient (Wildman–Crippen LogP) is 4.33. The fourth-order valence-corrected chi connectivity index (χ4v) is 4.12. The van der Waals surface area contributed by atoms with E-state index in [0.29, 0.717) is 36.7 Å². The minimum atomic E-state index is -0.915. The van der Waals surface area contributed by atoms with E-state index in [4.69, 9.17) is 18.7 Å². The van der Waals surface area contributed by atoms with Gasteiger partial charge < -0.3 is 24.1 Å². The van der Waals surface area contributed by atoms with Gasteiger partial charge in [-0.1, -0.05) is 25.1 Å². The number of carbonyl (C=O) groups excluding carboxylic acids is 1. The molecule has 4 aliphatic heterocycles. The monoisotopic (exact) mass is 495 g/mol. The molecule has 35 heavy (non-hydrogen) atoms. The summed E-state index contributed by atoms with van der Waals surface area (Å²) in [6, 6.07) is 3.96. The van der Waals surface area contributed by atoms with Gasteiger partial charge in [-0.3, -0.25) is 9.69 Å². The van der Waals surface area contributed by atoms with Gasteiger partial charge in [0, 0.05) is 26.1 Å². The summed E-state index contributed by atoms with van der Waals surface area (Å²) in [4.78, 5) is 13.9. The summed E-state index contributed by atoms with van der Waals surface area (Å²) in [7, 11) is 0. The number of ether oxygens (including phenoxy) is 3. The number of piperidine rings is 1. The lowest BCUT2D eigenvalue weighted by Crippen LogP contribution is -2.57. The first kappa shape index (κ1) is 27.0. The Balaban J connectivity index is 0.000000186. The molecule has 5 heterocycles. The normalized spacial score (nSPS) is 24.9. The third-order valence-electron chi connectivity index (χ3n) is 5.95. The summed E-state index contributed by atoms with van der Waals surface area (Å²) < 4.78 is 47.2. The molecule has 8 nitrogen and oxygen atoms in total. The number of nitrogens with one attached hydrogen (secondary N) is 1. The second-order valence-corrected chi connectivity index (χ2v) is 8.59. The van der Waals surface area contributed by atoms with Gasteiger partial charge in [0.25, 0.3) is 5.91 Å². The Morgan fingerprint density at radius 1 is 1.20 bits per heavy atom. The number of aromatic nitrogens is 1. The zero-order valence-corrected chi connectivity index (χ0v) is 20.8. The molecule has 0 spiro atoms. The maximum atomic E-state index is 13.3. The van der Waals surface area contributed by atoms with E-state index in [2.05, 4.69) is 15.4 Å². The van der Waals surface area contributed by atoms with Gasteiger partial charge in [0.15, 0.2) is 11.6 Å².